The van der Waals surface area contributed by atoms with Gasteiger partial charge in [0, 0.05) is 44.3 Å². The van der Waals surface area contributed by atoms with E-state index in [0.717, 1.165) is 19.0 Å². The quantitative estimate of drug-likeness (QED) is 0.810. The largest absolute Gasteiger partial charge is 0.324 e. The van der Waals surface area contributed by atoms with Gasteiger partial charge in [-0.1, -0.05) is 19.8 Å². The van der Waals surface area contributed by atoms with E-state index < -0.39 is 0 Å². The van der Waals surface area contributed by atoms with Gasteiger partial charge in [0.25, 0.3) is 0 Å². The minimum Gasteiger partial charge on any atom is -0.324 e. The predicted molar refractivity (Wildman–Crippen MR) is 73.2 cm³/mol. The highest BCUT2D eigenvalue weighted by molar-refractivity contribution is 4.86. The average Bonchev–Trinajstić information content (AvgIpc) is 2.83. The molecule has 1 saturated carbocycles. The minimum atomic E-state index is -0.00444. The molecule has 2 rings (SSSR count). The van der Waals surface area contributed by atoms with E-state index in [1.54, 1.807) is 0 Å². The fourth-order valence-corrected chi connectivity index (χ4v) is 3.18. The second-order valence-corrected chi connectivity index (χ2v) is 6.26. The summed E-state index contributed by atoms with van der Waals surface area (Å²) < 4.78 is 0. The van der Waals surface area contributed by atoms with Gasteiger partial charge in [0.1, 0.15) is 0 Å². The van der Waals surface area contributed by atoms with Crippen LogP contribution in [0.25, 0.3) is 0 Å². The Morgan fingerprint density at radius 3 is 2.24 bits per heavy atom. The monoisotopic (exact) mass is 239 g/mol. The smallest absolute Gasteiger partial charge is 0.0252 e. The molecule has 0 spiro atoms. The van der Waals surface area contributed by atoms with Crippen molar-refractivity contribution in [3.63, 3.8) is 0 Å². The van der Waals surface area contributed by atoms with Crippen LogP contribution < -0.4 is 5.73 Å². The Hall–Kier alpha value is -0.120. The Morgan fingerprint density at radius 1 is 1.12 bits per heavy atom. The molecule has 3 nitrogen and oxygen atoms in total. The van der Waals surface area contributed by atoms with E-state index in [2.05, 4.69) is 23.6 Å². The molecule has 17 heavy (non-hydrogen) atoms. The van der Waals surface area contributed by atoms with Gasteiger partial charge < -0.3 is 5.73 Å². The second-order valence-electron chi connectivity index (χ2n) is 6.26. The molecule has 1 unspecified atom stereocenters. The Kier molecular flexibility index (Phi) is 4.45. The highest BCUT2D eigenvalue weighted by Gasteiger charge is 2.28. The van der Waals surface area contributed by atoms with Crippen LogP contribution in [0.5, 0.6) is 0 Å². The fourth-order valence-electron chi connectivity index (χ4n) is 3.18. The van der Waals surface area contributed by atoms with E-state index >= 15 is 0 Å². The first kappa shape index (κ1) is 13.3. The van der Waals surface area contributed by atoms with Gasteiger partial charge in [0.15, 0.2) is 0 Å². The van der Waals surface area contributed by atoms with E-state index in [-0.39, 0.29) is 5.54 Å². The topological polar surface area (TPSA) is 32.5 Å². The van der Waals surface area contributed by atoms with E-state index in [1.165, 1.54) is 51.9 Å². The molecular weight excluding hydrogens is 210 g/mol. The Balaban J connectivity index is 1.74. The molecule has 0 amide bonds. The zero-order chi connectivity index (χ0) is 12.3. The third kappa shape index (κ3) is 3.67. The molecule has 1 aliphatic carbocycles. The summed E-state index contributed by atoms with van der Waals surface area (Å²) in [6, 6.07) is 0.896. The summed E-state index contributed by atoms with van der Waals surface area (Å²) in [5.41, 5.74) is 6.24. The van der Waals surface area contributed by atoms with Gasteiger partial charge in [0.05, 0.1) is 0 Å². The van der Waals surface area contributed by atoms with Crippen molar-refractivity contribution in [3.05, 3.63) is 0 Å². The number of nitrogens with zero attached hydrogens (tertiary/aromatic N) is 2. The summed E-state index contributed by atoms with van der Waals surface area (Å²) in [6.45, 7) is 10.4. The van der Waals surface area contributed by atoms with Crippen molar-refractivity contribution in [1.29, 1.82) is 0 Å². The number of piperazine rings is 1. The van der Waals surface area contributed by atoms with E-state index in [0.29, 0.717) is 0 Å². The maximum absolute atomic E-state index is 6.25. The molecule has 0 aromatic carbocycles. The van der Waals surface area contributed by atoms with E-state index in [4.69, 9.17) is 5.73 Å². The van der Waals surface area contributed by atoms with Gasteiger partial charge >= 0.3 is 0 Å². The van der Waals surface area contributed by atoms with Crippen molar-refractivity contribution in [3.8, 4) is 0 Å². The molecule has 2 N–H and O–H groups in total. The zero-order valence-electron chi connectivity index (χ0n) is 11.6. The van der Waals surface area contributed by atoms with Crippen LogP contribution >= 0.6 is 0 Å². The number of nitrogens with two attached hydrogens (primary N) is 1. The first-order valence-corrected chi connectivity index (χ1v) is 7.36. The summed E-state index contributed by atoms with van der Waals surface area (Å²) in [5, 5.41) is 0. The molecule has 3 heteroatoms. The normalized spacial score (nSPS) is 28.4. The predicted octanol–water partition coefficient (Wildman–Crippen LogP) is 1.67. The maximum atomic E-state index is 6.25. The van der Waals surface area contributed by atoms with Crippen LogP contribution in [0.3, 0.4) is 0 Å². The van der Waals surface area contributed by atoms with Crippen molar-refractivity contribution in [2.45, 2.75) is 57.5 Å². The summed E-state index contributed by atoms with van der Waals surface area (Å²) in [7, 11) is 0. The number of hydrogen-bond acceptors (Lipinski definition) is 3. The van der Waals surface area contributed by atoms with Crippen molar-refractivity contribution in [2.75, 3.05) is 32.7 Å². The molecule has 0 bridgehead atoms. The lowest BCUT2D eigenvalue weighted by molar-refractivity contribution is 0.0841. The lowest BCUT2D eigenvalue weighted by Crippen LogP contribution is -2.55. The lowest BCUT2D eigenvalue weighted by atomic mass is 9.99. The zero-order valence-corrected chi connectivity index (χ0v) is 11.6. The second kappa shape index (κ2) is 5.68. The van der Waals surface area contributed by atoms with E-state index in [9.17, 15) is 0 Å². The summed E-state index contributed by atoms with van der Waals surface area (Å²) in [5.74, 6) is 0. The highest BCUT2D eigenvalue weighted by atomic mass is 15.3. The molecule has 0 radical (unpaired) electrons. The van der Waals surface area contributed by atoms with Gasteiger partial charge in [0.2, 0.25) is 0 Å². The molecule has 1 heterocycles. The van der Waals surface area contributed by atoms with Crippen molar-refractivity contribution >= 4 is 0 Å². The van der Waals surface area contributed by atoms with Crippen LogP contribution in [0.15, 0.2) is 0 Å². The molecule has 1 aliphatic heterocycles. The molecule has 2 fully saturated rings. The van der Waals surface area contributed by atoms with Crippen molar-refractivity contribution in [1.82, 2.24) is 9.80 Å². The first-order valence-electron chi connectivity index (χ1n) is 7.36. The number of hydrogen-bond donors (Lipinski definition) is 1. The Bertz CT molecular complexity index is 226. The Labute approximate surface area is 106 Å². The minimum absolute atomic E-state index is 0.00444. The molecule has 1 atom stereocenters. The van der Waals surface area contributed by atoms with Crippen LogP contribution in [0.2, 0.25) is 0 Å². The average molecular weight is 239 g/mol. The molecular formula is C14H29N3. The summed E-state index contributed by atoms with van der Waals surface area (Å²) in [6.07, 6.45) is 6.83. The van der Waals surface area contributed by atoms with E-state index in [1.807, 2.05) is 0 Å². The van der Waals surface area contributed by atoms with Crippen LogP contribution in [-0.4, -0.2) is 54.1 Å². The molecule has 100 valence electrons. The number of rotatable bonds is 4. The summed E-state index contributed by atoms with van der Waals surface area (Å²) in [4.78, 5) is 5.26. The summed E-state index contributed by atoms with van der Waals surface area (Å²) >= 11 is 0. The van der Waals surface area contributed by atoms with Gasteiger partial charge in [-0.25, -0.2) is 0 Å². The molecule has 2 aliphatic rings. The van der Waals surface area contributed by atoms with Crippen LogP contribution in [0.1, 0.15) is 46.0 Å². The van der Waals surface area contributed by atoms with Crippen LogP contribution in [0, 0.1) is 0 Å². The third-order valence-electron chi connectivity index (χ3n) is 4.64. The van der Waals surface area contributed by atoms with Gasteiger partial charge in [-0.05, 0) is 26.2 Å². The highest BCUT2D eigenvalue weighted by Crippen LogP contribution is 2.24. The Morgan fingerprint density at radius 2 is 1.71 bits per heavy atom. The molecule has 0 aromatic heterocycles. The maximum Gasteiger partial charge on any atom is 0.0252 e. The van der Waals surface area contributed by atoms with Crippen molar-refractivity contribution < 1.29 is 0 Å². The molecule has 0 aromatic rings. The van der Waals surface area contributed by atoms with Gasteiger partial charge in [-0.15, -0.1) is 0 Å². The van der Waals surface area contributed by atoms with Gasteiger partial charge in [-0.2, -0.15) is 0 Å². The SMILES string of the molecule is CCC(C)(N)CN1CCN(C2CCCC2)CC1. The first-order chi connectivity index (χ1) is 8.11. The molecule has 1 saturated heterocycles. The third-order valence-corrected chi connectivity index (χ3v) is 4.64. The fraction of sp³-hybridized carbons (Fsp3) is 1.00. The standard InChI is InChI=1S/C14H29N3/c1-3-14(2,15)12-16-8-10-17(11-9-16)13-6-4-5-7-13/h13H,3-12,15H2,1-2H3. The van der Waals surface area contributed by atoms with Crippen LogP contribution in [-0.2, 0) is 0 Å². The van der Waals surface area contributed by atoms with Gasteiger partial charge in [-0.3, -0.25) is 9.80 Å². The lowest BCUT2D eigenvalue weighted by Gasteiger charge is -2.40. The van der Waals surface area contributed by atoms with Crippen LogP contribution in [0.4, 0.5) is 0 Å². The van der Waals surface area contributed by atoms with Crippen molar-refractivity contribution in [2.24, 2.45) is 5.73 Å².